The quantitative estimate of drug-likeness (QED) is 0.523. The predicted octanol–water partition coefficient (Wildman–Crippen LogP) is 3.73. The van der Waals surface area contributed by atoms with E-state index in [9.17, 15) is 9.59 Å². The fourth-order valence-electron chi connectivity index (χ4n) is 3.13. The van der Waals surface area contributed by atoms with Gasteiger partial charge in [-0.1, -0.05) is 44.2 Å². The number of benzene rings is 2. The Bertz CT molecular complexity index is 1000. The number of aromatic nitrogens is 2. The standard InChI is InChI=1S/C24H28N4O3/c1-3-18(2)21-10-4-5-11-22(21)31-17-24(30)25-15-19-8-6-9-20(14-19)27-23(29)16-28-13-7-12-26-28/h4-14,18H,3,15-17H2,1-2H3,(H,25,30)(H,27,29). The molecule has 0 spiro atoms. The summed E-state index contributed by atoms with van der Waals surface area (Å²) in [6.07, 6.45) is 4.36. The number of nitrogens with one attached hydrogen (secondary N) is 2. The number of rotatable bonds is 10. The van der Waals surface area contributed by atoms with E-state index in [0.717, 1.165) is 23.3 Å². The summed E-state index contributed by atoms with van der Waals surface area (Å²) in [6.45, 7) is 4.71. The Balaban J connectivity index is 1.48. The van der Waals surface area contributed by atoms with Crippen molar-refractivity contribution in [3.05, 3.63) is 78.1 Å². The molecule has 0 fully saturated rings. The van der Waals surface area contributed by atoms with Crippen LogP contribution in [0, 0.1) is 0 Å². The maximum Gasteiger partial charge on any atom is 0.258 e. The van der Waals surface area contributed by atoms with Crippen LogP contribution in [0.1, 0.15) is 37.3 Å². The number of carbonyl (C=O) groups excluding carboxylic acids is 2. The topological polar surface area (TPSA) is 85.3 Å². The molecule has 0 radical (unpaired) electrons. The smallest absolute Gasteiger partial charge is 0.258 e. The Morgan fingerprint density at radius 3 is 2.71 bits per heavy atom. The number of carbonyl (C=O) groups is 2. The molecule has 1 unspecified atom stereocenters. The lowest BCUT2D eigenvalue weighted by Crippen LogP contribution is -2.28. The van der Waals surface area contributed by atoms with Crippen molar-refractivity contribution in [2.45, 2.75) is 39.3 Å². The summed E-state index contributed by atoms with van der Waals surface area (Å²) < 4.78 is 7.31. The van der Waals surface area contributed by atoms with Crippen LogP contribution in [0.3, 0.4) is 0 Å². The summed E-state index contributed by atoms with van der Waals surface area (Å²) in [5, 5.41) is 9.72. The molecule has 0 saturated carbocycles. The molecule has 1 atom stereocenters. The van der Waals surface area contributed by atoms with Crippen LogP contribution in [-0.4, -0.2) is 28.2 Å². The van der Waals surface area contributed by atoms with Gasteiger partial charge < -0.3 is 15.4 Å². The van der Waals surface area contributed by atoms with Gasteiger partial charge in [-0.05, 0) is 47.7 Å². The number of ether oxygens (including phenoxy) is 1. The maximum absolute atomic E-state index is 12.3. The van der Waals surface area contributed by atoms with Crippen molar-refractivity contribution in [1.82, 2.24) is 15.1 Å². The van der Waals surface area contributed by atoms with E-state index in [1.807, 2.05) is 42.5 Å². The third-order valence-electron chi connectivity index (χ3n) is 4.99. The second-order valence-electron chi connectivity index (χ2n) is 7.36. The second kappa shape index (κ2) is 11.0. The lowest BCUT2D eigenvalue weighted by Gasteiger charge is -2.15. The summed E-state index contributed by atoms with van der Waals surface area (Å²) in [7, 11) is 0. The van der Waals surface area contributed by atoms with E-state index < -0.39 is 0 Å². The Hall–Kier alpha value is -3.61. The summed E-state index contributed by atoms with van der Waals surface area (Å²) in [6, 6.07) is 17.0. The Kier molecular flexibility index (Phi) is 7.81. The number of nitrogens with zero attached hydrogens (tertiary/aromatic N) is 2. The number of hydrogen-bond donors (Lipinski definition) is 2. The van der Waals surface area contributed by atoms with Crippen molar-refractivity contribution < 1.29 is 14.3 Å². The molecule has 7 nitrogen and oxygen atoms in total. The van der Waals surface area contributed by atoms with E-state index in [0.29, 0.717) is 18.2 Å². The molecule has 1 aromatic heterocycles. The van der Waals surface area contributed by atoms with Gasteiger partial charge in [0, 0.05) is 24.6 Å². The third kappa shape index (κ3) is 6.70. The van der Waals surface area contributed by atoms with Crippen LogP contribution >= 0.6 is 0 Å². The molecule has 0 aliphatic heterocycles. The van der Waals surface area contributed by atoms with Gasteiger partial charge >= 0.3 is 0 Å². The lowest BCUT2D eigenvalue weighted by molar-refractivity contribution is -0.123. The van der Waals surface area contributed by atoms with Gasteiger partial charge in [0.05, 0.1) is 0 Å². The molecule has 0 saturated heterocycles. The third-order valence-corrected chi connectivity index (χ3v) is 4.99. The largest absolute Gasteiger partial charge is 0.483 e. The Morgan fingerprint density at radius 2 is 1.94 bits per heavy atom. The van der Waals surface area contributed by atoms with Crippen LogP contribution in [-0.2, 0) is 22.7 Å². The molecule has 1 heterocycles. The van der Waals surface area contributed by atoms with Crippen molar-refractivity contribution in [3.63, 3.8) is 0 Å². The predicted molar refractivity (Wildman–Crippen MR) is 120 cm³/mol. The van der Waals surface area contributed by atoms with Crippen LogP contribution in [0.25, 0.3) is 0 Å². The monoisotopic (exact) mass is 420 g/mol. The van der Waals surface area contributed by atoms with E-state index in [4.69, 9.17) is 4.74 Å². The average molecular weight is 421 g/mol. The molecule has 162 valence electrons. The van der Waals surface area contributed by atoms with Crippen LogP contribution in [0.4, 0.5) is 5.69 Å². The van der Waals surface area contributed by atoms with E-state index >= 15 is 0 Å². The molecule has 0 aliphatic rings. The molecule has 0 bridgehead atoms. The summed E-state index contributed by atoms with van der Waals surface area (Å²) >= 11 is 0. The summed E-state index contributed by atoms with van der Waals surface area (Å²) in [5.41, 5.74) is 2.66. The van der Waals surface area contributed by atoms with Gasteiger partial charge in [0.2, 0.25) is 5.91 Å². The first-order valence-electron chi connectivity index (χ1n) is 10.4. The Morgan fingerprint density at radius 1 is 1.10 bits per heavy atom. The average Bonchev–Trinajstić information content (AvgIpc) is 3.29. The fourth-order valence-corrected chi connectivity index (χ4v) is 3.13. The van der Waals surface area contributed by atoms with Gasteiger partial charge in [-0.3, -0.25) is 14.3 Å². The van der Waals surface area contributed by atoms with E-state index in [1.54, 1.807) is 29.2 Å². The first-order valence-corrected chi connectivity index (χ1v) is 10.4. The molecule has 0 aliphatic carbocycles. The first kappa shape index (κ1) is 22.1. The highest BCUT2D eigenvalue weighted by Crippen LogP contribution is 2.28. The molecule has 2 amide bonds. The maximum atomic E-state index is 12.3. The van der Waals surface area contributed by atoms with Crippen LogP contribution in [0.15, 0.2) is 67.0 Å². The van der Waals surface area contributed by atoms with E-state index in [1.165, 1.54) is 0 Å². The van der Waals surface area contributed by atoms with Gasteiger partial charge in [-0.25, -0.2) is 0 Å². The minimum absolute atomic E-state index is 0.0479. The molecule has 31 heavy (non-hydrogen) atoms. The van der Waals surface area contributed by atoms with Gasteiger partial charge in [0.1, 0.15) is 12.3 Å². The first-order chi connectivity index (χ1) is 15.0. The van der Waals surface area contributed by atoms with Gasteiger partial charge in [-0.2, -0.15) is 5.10 Å². The zero-order valence-corrected chi connectivity index (χ0v) is 17.9. The van der Waals surface area contributed by atoms with Crippen molar-refractivity contribution in [3.8, 4) is 5.75 Å². The fraction of sp³-hybridized carbons (Fsp3) is 0.292. The van der Waals surface area contributed by atoms with E-state index in [-0.39, 0.29) is 25.0 Å². The lowest BCUT2D eigenvalue weighted by atomic mass is 9.98. The molecule has 3 rings (SSSR count). The molecular weight excluding hydrogens is 392 g/mol. The zero-order valence-electron chi connectivity index (χ0n) is 17.9. The number of anilines is 1. The van der Waals surface area contributed by atoms with Crippen molar-refractivity contribution in [2.75, 3.05) is 11.9 Å². The van der Waals surface area contributed by atoms with Crippen molar-refractivity contribution >= 4 is 17.5 Å². The molecule has 2 N–H and O–H groups in total. The van der Waals surface area contributed by atoms with Gasteiger partial charge in [0.15, 0.2) is 6.61 Å². The molecule has 2 aromatic carbocycles. The van der Waals surface area contributed by atoms with Crippen molar-refractivity contribution in [1.29, 1.82) is 0 Å². The van der Waals surface area contributed by atoms with E-state index in [2.05, 4.69) is 29.6 Å². The minimum Gasteiger partial charge on any atom is -0.483 e. The van der Waals surface area contributed by atoms with Crippen LogP contribution < -0.4 is 15.4 Å². The summed E-state index contributed by atoms with van der Waals surface area (Å²) in [4.78, 5) is 24.4. The molecule has 3 aromatic rings. The van der Waals surface area contributed by atoms with Crippen LogP contribution in [0.5, 0.6) is 5.75 Å². The second-order valence-corrected chi connectivity index (χ2v) is 7.36. The highest BCUT2D eigenvalue weighted by atomic mass is 16.5. The molecule has 7 heteroatoms. The minimum atomic E-state index is -0.202. The normalized spacial score (nSPS) is 11.5. The number of para-hydroxylation sites is 1. The van der Waals surface area contributed by atoms with Crippen molar-refractivity contribution in [2.24, 2.45) is 0 Å². The Labute approximate surface area is 182 Å². The van der Waals surface area contributed by atoms with Crippen LogP contribution in [0.2, 0.25) is 0 Å². The highest BCUT2D eigenvalue weighted by molar-refractivity contribution is 5.90. The van der Waals surface area contributed by atoms with Gasteiger partial charge in [0.25, 0.3) is 5.91 Å². The SMILES string of the molecule is CCC(C)c1ccccc1OCC(=O)NCc1cccc(NC(=O)Cn2cccn2)c1. The number of hydrogen-bond acceptors (Lipinski definition) is 4. The van der Waals surface area contributed by atoms with Gasteiger partial charge in [-0.15, -0.1) is 0 Å². The summed E-state index contributed by atoms with van der Waals surface area (Å²) in [5.74, 6) is 0.740. The highest BCUT2D eigenvalue weighted by Gasteiger charge is 2.11. The molecular formula is C24H28N4O3. The number of amides is 2. The zero-order chi connectivity index (χ0) is 22.1.